The fraction of sp³-hybridized carbons (Fsp3) is 0.545. The van der Waals surface area contributed by atoms with Gasteiger partial charge in [0.2, 0.25) is 0 Å². The van der Waals surface area contributed by atoms with Gasteiger partial charge in [-0.25, -0.2) is 4.98 Å². The molecule has 6 heteroatoms. The lowest BCUT2D eigenvalue weighted by Crippen LogP contribution is -2.27. The fourth-order valence-corrected chi connectivity index (χ4v) is 2.15. The molecule has 0 aliphatic carbocycles. The maximum atomic E-state index is 5.30. The van der Waals surface area contributed by atoms with Crippen LogP contribution in [0.5, 0.6) is 0 Å². The first-order valence-electron chi connectivity index (χ1n) is 5.85. The monoisotopic (exact) mass is 233 g/mol. The Bertz CT molecular complexity index is 497. The van der Waals surface area contributed by atoms with Crippen molar-refractivity contribution in [3.63, 3.8) is 0 Å². The van der Waals surface area contributed by atoms with E-state index in [1.807, 2.05) is 11.6 Å². The first kappa shape index (κ1) is 10.5. The van der Waals surface area contributed by atoms with Crippen molar-refractivity contribution in [1.82, 2.24) is 25.0 Å². The minimum absolute atomic E-state index is 0.418. The van der Waals surface area contributed by atoms with Crippen LogP contribution in [0.15, 0.2) is 17.0 Å². The number of hydrogen-bond donors (Lipinski definition) is 1. The van der Waals surface area contributed by atoms with Gasteiger partial charge in [-0.05, 0) is 25.9 Å². The normalized spacial score (nSPS) is 17.5. The van der Waals surface area contributed by atoms with Crippen molar-refractivity contribution in [3.8, 4) is 11.6 Å². The number of hydrogen-bond acceptors (Lipinski definition) is 5. The molecule has 1 aliphatic rings. The quantitative estimate of drug-likeness (QED) is 0.836. The molecule has 0 spiro atoms. The van der Waals surface area contributed by atoms with Crippen molar-refractivity contribution in [3.05, 3.63) is 18.3 Å². The van der Waals surface area contributed by atoms with E-state index in [9.17, 15) is 0 Å². The van der Waals surface area contributed by atoms with E-state index < -0.39 is 0 Å². The third kappa shape index (κ3) is 1.95. The molecular weight excluding hydrogens is 218 g/mol. The van der Waals surface area contributed by atoms with Crippen molar-refractivity contribution >= 4 is 0 Å². The average molecular weight is 233 g/mol. The van der Waals surface area contributed by atoms with Crippen LogP contribution in [0.25, 0.3) is 11.6 Å². The first-order chi connectivity index (χ1) is 8.34. The predicted molar refractivity (Wildman–Crippen MR) is 61.3 cm³/mol. The van der Waals surface area contributed by atoms with Crippen LogP contribution < -0.4 is 5.32 Å². The molecule has 6 nitrogen and oxygen atoms in total. The van der Waals surface area contributed by atoms with Gasteiger partial charge in [0.05, 0.1) is 12.5 Å². The van der Waals surface area contributed by atoms with Gasteiger partial charge in [-0.15, -0.1) is 0 Å². The molecule has 2 aromatic rings. The Hall–Kier alpha value is -1.69. The number of rotatable bonds is 2. The van der Waals surface area contributed by atoms with E-state index in [1.54, 1.807) is 12.5 Å². The molecule has 0 radical (unpaired) electrons. The summed E-state index contributed by atoms with van der Waals surface area (Å²) in [6.45, 7) is 2.06. The molecule has 90 valence electrons. The van der Waals surface area contributed by atoms with Crippen LogP contribution in [0.1, 0.15) is 24.6 Å². The molecule has 2 aromatic heterocycles. The summed E-state index contributed by atoms with van der Waals surface area (Å²) in [7, 11) is 1.91. The second-order valence-electron chi connectivity index (χ2n) is 4.37. The first-order valence-corrected chi connectivity index (χ1v) is 5.85. The Kier molecular flexibility index (Phi) is 2.64. The molecule has 17 heavy (non-hydrogen) atoms. The molecule has 0 saturated carbocycles. The lowest BCUT2D eigenvalue weighted by atomic mass is 9.98. The van der Waals surface area contributed by atoms with Gasteiger partial charge in [0.25, 0.3) is 5.89 Å². The third-order valence-electron chi connectivity index (χ3n) is 3.18. The maximum absolute atomic E-state index is 5.30. The summed E-state index contributed by atoms with van der Waals surface area (Å²) in [5.41, 5.74) is 0.859. The summed E-state index contributed by atoms with van der Waals surface area (Å²) < 4.78 is 7.18. The summed E-state index contributed by atoms with van der Waals surface area (Å²) in [6, 6.07) is 0. The van der Waals surface area contributed by atoms with Crippen LogP contribution in [0, 0.1) is 0 Å². The van der Waals surface area contributed by atoms with E-state index in [1.165, 1.54) is 0 Å². The second kappa shape index (κ2) is 4.29. The molecule has 0 atom stereocenters. The molecular formula is C11H15N5O. The van der Waals surface area contributed by atoms with Gasteiger partial charge in [-0.1, -0.05) is 5.16 Å². The Morgan fingerprint density at radius 2 is 2.24 bits per heavy atom. The summed E-state index contributed by atoms with van der Waals surface area (Å²) in [6.07, 6.45) is 5.61. The van der Waals surface area contributed by atoms with Gasteiger partial charge in [0.15, 0.2) is 5.82 Å². The molecule has 1 saturated heterocycles. The number of aryl methyl sites for hydroxylation is 1. The lowest BCUT2D eigenvalue weighted by molar-refractivity contribution is 0.391. The molecule has 0 aromatic carbocycles. The van der Waals surface area contributed by atoms with Crippen LogP contribution in [0.3, 0.4) is 0 Å². The standard InChI is InChI=1S/C11H15N5O/c1-16-7-13-6-9(16)11-14-10(15-17-11)8-2-4-12-5-3-8/h6-8,12H,2-5H2,1H3. The topological polar surface area (TPSA) is 68.8 Å². The molecule has 3 heterocycles. The SMILES string of the molecule is Cn1cncc1-c1nc(C2CCNCC2)no1. The van der Waals surface area contributed by atoms with Crippen LogP contribution >= 0.6 is 0 Å². The fourth-order valence-electron chi connectivity index (χ4n) is 2.15. The third-order valence-corrected chi connectivity index (χ3v) is 3.18. The average Bonchev–Trinajstić information content (AvgIpc) is 2.98. The van der Waals surface area contributed by atoms with E-state index in [4.69, 9.17) is 4.52 Å². The largest absolute Gasteiger partial charge is 0.332 e. The highest BCUT2D eigenvalue weighted by molar-refractivity contribution is 5.45. The van der Waals surface area contributed by atoms with Gasteiger partial charge in [-0.3, -0.25) is 0 Å². The molecule has 0 amide bonds. The Balaban J connectivity index is 1.85. The Morgan fingerprint density at radius 3 is 2.94 bits per heavy atom. The maximum Gasteiger partial charge on any atom is 0.276 e. The van der Waals surface area contributed by atoms with Gasteiger partial charge in [-0.2, -0.15) is 4.98 Å². The van der Waals surface area contributed by atoms with E-state index >= 15 is 0 Å². The molecule has 0 unspecified atom stereocenters. The number of aromatic nitrogens is 4. The van der Waals surface area contributed by atoms with Crippen LogP contribution in [0.4, 0.5) is 0 Å². The molecule has 3 rings (SSSR count). The number of imidazole rings is 1. The van der Waals surface area contributed by atoms with Gasteiger partial charge < -0.3 is 14.4 Å². The number of piperidine rings is 1. The van der Waals surface area contributed by atoms with E-state index in [0.29, 0.717) is 11.8 Å². The van der Waals surface area contributed by atoms with E-state index in [-0.39, 0.29) is 0 Å². The summed E-state index contributed by atoms with van der Waals surface area (Å²) in [4.78, 5) is 8.52. The zero-order valence-corrected chi connectivity index (χ0v) is 9.76. The smallest absolute Gasteiger partial charge is 0.276 e. The highest BCUT2D eigenvalue weighted by atomic mass is 16.5. The number of nitrogens with one attached hydrogen (secondary N) is 1. The van der Waals surface area contributed by atoms with Crippen molar-refractivity contribution in [2.45, 2.75) is 18.8 Å². The Labute approximate surface area is 99.0 Å². The van der Waals surface area contributed by atoms with E-state index in [2.05, 4.69) is 20.4 Å². The second-order valence-corrected chi connectivity index (χ2v) is 4.37. The molecule has 1 fully saturated rings. The summed E-state index contributed by atoms with van der Waals surface area (Å²) >= 11 is 0. The minimum Gasteiger partial charge on any atom is -0.332 e. The zero-order chi connectivity index (χ0) is 11.7. The van der Waals surface area contributed by atoms with Gasteiger partial charge in [0, 0.05) is 13.0 Å². The number of nitrogens with zero attached hydrogens (tertiary/aromatic N) is 4. The van der Waals surface area contributed by atoms with Crippen molar-refractivity contribution in [2.24, 2.45) is 7.05 Å². The van der Waals surface area contributed by atoms with Crippen LogP contribution in [-0.4, -0.2) is 32.8 Å². The summed E-state index contributed by atoms with van der Waals surface area (Å²) in [5, 5.41) is 7.41. The molecule has 1 N–H and O–H groups in total. The Morgan fingerprint density at radius 1 is 1.41 bits per heavy atom. The highest BCUT2D eigenvalue weighted by Gasteiger charge is 2.21. The minimum atomic E-state index is 0.418. The van der Waals surface area contributed by atoms with Crippen molar-refractivity contribution in [1.29, 1.82) is 0 Å². The lowest BCUT2D eigenvalue weighted by Gasteiger charge is -2.18. The van der Waals surface area contributed by atoms with Crippen molar-refractivity contribution < 1.29 is 4.52 Å². The predicted octanol–water partition coefficient (Wildman–Crippen LogP) is 0.937. The van der Waals surface area contributed by atoms with Crippen LogP contribution in [0.2, 0.25) is 0 Å². The molecule has 0 bridgehead atoms. The van der Waals surface area contributed by atoms with E-state index in [0.717, 1.165) is 37.4 Å². The van der Waals surface area contributed by atoms with Gasteiger partial charge in [0.1, 0.15) is 5.69 Å². The summed E-state index contributed by atoms with van der Waals surface area (Å²) in [5.74, 6) is 1.79. The molecule has 1 aliphatic heterocycles. The van der Waals surface area contributed by atoms with Crippen LogP contribution in [-0.2, 0) is 7.05 Å². The zero-order valence-electron chi connectivity index (χ0n) is 9.76. The highest BCUT2D eigenvalue weighted by Crippen LogP contribution is 2.25. The van der Waals surface area contributed by atoms with Gasteiger partial charge >= 0.3 is 0 Å². The van der Waals surface area contributed by atoms with Crippen molar-refractivity contribution in [2.75, 3.05) is 13.1 Å².